The number of hydrogen-bond donors (Lipinski definition) is 0. The number of rotatable bonds is 10. The van der Waals surface area contributed by atoms with Crippen LogP contribution in [0.2, 0.25) is 0 Å². The Morgan fingerprint density at radius 2 is 1.62 bits per heavy atom. The Labute approximate surface area is 232 Å². The minimum absolute atomic E-state index is 0.00671. The van der Waals surface area contributed by atoms with E-state index in [2.05, 4.69) is 26.9 Å². The molecule has 202 valence electrons. The first-order valence-electron chi connectivity index (χ1n) is 13.1. The van der Waals surface area contributed by atoms with Crippen molar-refractivity contribution in [2.24, 2.45) is 0 Å². The third-order valence-electron chi connectivity index (χ3n) is 6.85. The fraction of sp³-hybridized carbons (Fsp3) is 0.300. The molecule has 1 aliphatic heterocycles. The number of halogens is 1. The molecule has 5 rings (SSSR count). The van der Waals surface area contributed by atoms with Gasteiger partial charge in [0, 0.05) is 57.6 Å². The predicted octanol–water partition coefficient (Wildman–Crippen LogP) is 4.91. The molecule has 1 fully saturated rings. The molecular weight excluding hydrogens is 513 g/mol. The van der Waals surface area contributed by atoms with Crippen LogP contribution in [0.4, 0.5) is 10.1 Å². The molecule has 0 radical (unpaired) electrons. The Hall–Kier alpha value is -3.69. The van der Waals surface area contributed by atoms with Crippen LogP contribution in [0.15, 0.2) is 84.0 Å². The number of piperazine rings is 1. The number of para-hydroxylation sites is 1. The first-order chi connectivity index (χ1) is 19.1. The second-order valence-corrected chi connectivity index (χ2v) is 10.4. The molecule has 1 aliphatic rings. The monoisotopic (exact) mass is 545 g/mol. The maximum atomic E-state index is 14.1. The van der Waals surface area contributed by atoms with Crippen LogP contribution >= 0.6 is 11.8 Å². The second-order valence-electron chi connectivity index (χ2n) is 9.42. The highest BCUT2D eigenvalue weighted by Gasteiger charge is 2.23. The van der Waals surface area contributed by atoms with Gasteiger partial charge in [-0.05, 0) is 35.4 Å². The van der Waals surface area contributed by atoms with Crippen LogP contribution in [0, 0.1) is 5.82 Å². The summed E-state index contributed by atoms with van der Waals surface area (Å²) in [5, 5.41) is 9.76. The molecule has 0 aliphatic carbocycles. The van der Waals surface area contributed by atoms with Gasteiger partial charge in [0.2, 0.25) is 0 Å². The van der Waals surface area contributed by atoms with Crippen molar-refractivity contribution >= 4 is 23.4 Å². The number of hydrogen-bond acceptors (Lipinski definition) is 6. The molecule has 7 nitrogen and oxygen atoms in total. The van der Waals surface area contributed by atoms with Gasteiger partial charge in [-0.15, -0.1) is 10.2 Å². The lowest BCUT2D eigenvalue weighted by Crippen LogP contribution is -2.49. The van der Waals surface area contributed by atoms with E-state index in [0.29, 0.717) is 62.8 Å². The molecule has 1 aromatic heterocycles. The summed E-state index contributed by atoms with van der Waals surface area (Å²) in [6.45, 7) is 3.61. The van der Waals surface area contributed by atoms with Gasteiger partial charge in [-0.1, -0.05) is 66.4 Å². The van der Waals surface area contributed by atoms with E-state index in [1.54, 1.807) is 31.0 Å². The Bertz CT molecular complexity index is 1370. The maximum absolute atomic E-state index is 14.1. The second kappa shape index (κ2) is 12.9. The molecule has 0 spiro atoms. The van der Waals surface area contributed by atoms with Gasteiger partial charge in [-0.2, -0.15) is 0 Å². The highest BCUT2D eigenvalue weighted by Crippen LogP contribution is 2.24. The van der Waals surface area contributed by atoms with Crippen molar-refractivity contribution in [2.75, 3.05) is 44.8 Å². The molecule has 39 heavy (non-hydrogen) atoms. The normalized spacial score (nSPS) is 13.6. The number of carbonyl (C=O) groups is 1. The summed E-state index contributed by atoms with van der Waals surface area (Å²) in [5.41, 5.74) is 3.55. The summed E-state index contributed by atoms with van der Waals surface area (Å²) in [6, 6.07) is 24.8. The van der Waals surface area contributed by atoms with Gasteiger partial charge in [0.1, 0.15) is 11.6 Å². The van der Waals surface area contributed by atoms with Crippen LogP contribution in [0.5, 0.6) is 0 Å². The molecule has 2 heterocycles. The molecule has 0 atom stereocenters. The molecule has 0 bridgehead atoms. The lowest BCUT2D eigenvalue weighted by molar-refractivity contribution is 0.0746. The average Bonchev–Trinajstić information content (AvgIpc) is 3.36. The van der Waals surface area contributed by atoms with Gasteiger partial charge in [0.05, 0.1) is 12.3 Å². The van der Waals surface area contributed by atoms with Crippen LogP contribution in [0.1, 0.15) is 27.3 Å². The number of carbonyl (C=O) groups excluding carboxylic acids is 1. The van der Waals surface area contributed by atoms with Gasteiger partial charge in [0.15, 0.2) is 5.16 Å². The van der Waals surface area contributed by atoms with Crippen molar-refractivity contribution in [3.8, 4) is 0 Å². The molecule has 0 N–H and O–H groups in total. The Morgan fingerprint density at radius 3 is 2.33 bits per heavy atom. The third-order valence-corrected chi connectivity index (χ3v) is 7.88. The highest BCUT2D eigenvalue weighted by atomic mass is 32.2. The summed E-state index contributed by atoms with van der Waals surface area (Å²) in [5.74, 6) is 1.41. The average molecular weight is 546 g/mol. The van der Waals surface area contributed by atoms with Gasteiger partial charge < -0.3 is 19.1 Å². The number of ether oxygens (including phenoxy) is 1. The van der Waals surface area contributed by atoms with Crippen molar-refractivity contribution in [2.45, 2.75) is 23.9 Å². The Kier molecular flexibility index (Phi) is 8.90. The fourth-order valence-electron chi connectivity index (χ4n) is 4.67. The van der Waals surface area contributed by atoms with E-state index in [0.717, 1.165) is 16.5 Å². The van der Waals surface area contributed by atoms with Gasteiger partial charge in [-0.3, -0.25) is 4.79 Å². The van der Waals surface area contributed by atoms with E-state index in [-0.39, 0.29) is 11.7 Å². The lowest BCUT2D eigenvalue weighted by Gasteiger charge is -2.36. The zero-order valence-electron chi connectivity index (χ0n) is 22.0. The van der Waals surface area contributed by atoms with E-state index in [4.69, 9.17) is 4.74 Å². The van der Waals surface area contributed by atoms with Crippen molar-refractivity contribution in [3.63, 3.8) is 0 Å². The van der Waals surface area contributed by atoms with E-state index >= 15 is 0 Å². The number of benzene rings is 3. The Balaban J connectivity index is 1.18. The van der Waals surface area contributed by atoms with Crippen LogP contribution < -0.4 is 4.90 Å². The molecule has 3 aromatic carbocycles. The SMILES string of the molecule is COCCn1c(Cc2ccccc2)nnc1SCc1ccc(C(=O)N2CCN(c3ccccc3F)CC2)cc1. The van der Waals surface area contributed by atoms with Crippen molar-refractivity contribution in [1.82, 2.24) is 19.7 Å². The summed E-state index contributed by atoms with van der Waals surface area (Å²) < 4.78 is 21.6. The molecule has 1 saturated heterocycles. The summed E-state index contributed by atoms with van der Waals surface area (Å²) in [7, 11) is 1.69. The molecule has 0 saturated carbocycles. The molecule has 1 amide bonds. The van der Waals surface area contributed by atoms with E-state index in [1.165, 1.54) is 11.6 Å². The van der Waals surface area contributed by atoms with Crippen LogP contribution in [-0.2, 0) is 23.5 Å². The third kappa shape index (κ3) is 6.66. The lowest BCUT2D eigenvalue weighted by atomic mass is 10.1. The molecule has 9 heteroatoms. The number of nitrogens with zero attached hydrogens (tertiary/aromatic N) is 5. The Morgan fingerprint density at radius 1 is 0.897 bits per heavy atom. The number of amides is 1. The highest BCUT2D eigenvalue weighted by molar-refractivity contribution is 7.98. The minimum atomic E-state index is -0.227. The summed E-state index contributed by atoms with van der Waals surface area (Å²) in [6.07, 6.45) is 0.712. The van der Waals surface area contributed by atoms with Gasteiger partial charge >= 0.3 is 0 Å². The molecule has 4 aromatic rings. The first-order valence-corrected chi connectivity index (χ1v) is 14.1. The van der Waals surface area contributed by atoms with Crippen LogP contribution in [0.25, 0.3) is 0 Å². The smallest absolute Gasteiger partial charge is 0.253 e. The first kappa shape index (κ1) is 26.9. The van der Waals surface area contributed by atoms with Crippen molar-refractivity contribution < 1.29 is 13.9 Å². The van der Waals surface area contributed by atoms with E-state index in [1.807, 2.05) is 58.3 Å². The van der Waals surface area contributed by atoms with Crippen LogP contribution in [0.3, 0.4) is 0 Å². The zero-order valence-corrected chi connectivity index (χ0v) is 22.8. The van der Waals surface area contributed by atoms with Crippen molar-refractivity contribution in [1.29, 1.82) is 0 Å². The fourth-order valence-corrected chi connectivity index (χ4v) is 5.61. The molecular formula is C30H32FN5O2S. The van der Waals surface area contributed by atoms with Gasteiger partial charge in [-0.25, -0.2) is 4.39 Å². The summed E-state index contributed by atoms with van der Waals surface area (Å²) >= 11 is 1.63. The summed E-state index contributed by atoms with van der Waals surface area (Å²) in [4.78, 5) is 16.9. The standard InChI is InChI=1S/C30H32FN5O2S/c1-38-20-19-36-28(21-23-7-3-2-4-8-23)32-33-30(36)39-22-24-11-13-25(14-12-24)29(37)35-17-15-34(16-18-35)27-10-6-5-9-26(27)31/h2-14H,15-22H2,1H3. The number of methoxy groups -OCH3 is 1. The number of aromatic nitrogens is 3. The van der Waals surface area contributed by atoms with Gasteiger partial charge in [0.25, 0.3) is 5.91 Å². The minimum Gasteiger partial charge on any atom is -0.383 e. The number of anilines is 1. The topological polar surface area (TPSA) is 63.5 Å². The van der Waals surface area contributed by atoms with E-state index < -0.39 is 0 Å². The van der Waals surface area contributed by atoms with Crippen LogP contribution in [-0.4, -0.2) is 65.5 Å². The largest absolute Gasteiger partial charge is 0.383 e. The molecule has 0 unspecified atom stereocenters. The zero-order chi connectivity index (χ0) is 27.0. The maximum Gasteiger partial charge on any atom is 0.253 e. The van der Waals surface area contributed by atoms with Crippen molar-refractivity contribution in [3.05, 3.63) is 107 Å². The van der Waals surface area contributed by atoms with E-state index in [9.17, 15) is 9.18 Å². The predicted molar refractivity (Wildman–Crippen MR) is 152 cm³/mol. The number of thioether (sulfide) groups is 1. The quantitative estimate of drug-likeness (QED) is 0.264.